The van der Waals surface area contributed by atoms with E-state index in [1.807, 2.05) is 4.72 Å². The summed E-state index contributed by atoms with van der Waals surface area (Å²) in [4.78, 5) is 14.9. The van der Waals surface area contributed by atoms with Crippen LogP contribution in [0, 0.1) is 11.6 Å². The summed E-state index contributed by atoms with van der Waals surface area (Å²) in [6, 6.07) is 1.90. The molecule has 0 spiro atoms. The number of hydrogen-bond donors (Lipinski definition) is 2. The van der Waals surface area contributed by atoms with Crippen molar-refractivity contribution < 1.29 is 17.5 Å². The van der Waals surface area contributed by atoms with Crippen LogP contribution in [0.3, 0.4) is 0 Å². The maximum atomic E-state index is 14.2. The Morgan fingerprint density at radius 3 is 2.68 bits per heavy atom. The largest absolute Gasteiger partial charge is 0.760 e. The first-order chi connectivity index (χ1) is 10.3. The third-order valence-electron chi connectivity index (χ3n) is 3.22. The van der Waals surface area contributed by atoms with Crippen LogP contribution in [0.4, 0.5) is 8.78 Å². The highest BCUT2D eigenvalue weighted by Crippen LogP contribution is 2.26. The molecule has 1 heterocycles. The number of H-pyrrole nitrogens is 1. The minimum Gasteiger partial charge on any atom is -0.760 e. The van der Waals surface area contributed by atoms with Gasteiger partial charge in [-0.1, -0.05) is 6.92 Å². The van der Waals surface area contributed by atoms with Crippen LogP contribution in [-0.2, 0) is 24.9 Å². The number of hydrogen-bond acceptors (Lipinski definition) is 4. The van der Waals surface area contributed by atoms with Gasteiger partial charge in [0.2, 0.25) is 0 Å². The number of aromatic nitrogens is 3. The molecule has 0 bridgehead atoms. The summed E-state index contributed by atoms with van der Waals surface area (Å²) < 4.78 is 52.2. The highest BCUT2D eigenvalue weighted by molar-refractivity contribution is 7.77. The summed E-state index contributed by atoms with van der Waals surface area (Å²) in [7, 11) is 1.54. The smallest absolute Gasteiger partial charge is 0.361 e. The van der Waals surface area contributed by atoms with E-state index >= 15 is 0 Å². The molecule has 0 aliphatic heterocycles. The third-order valence-corrected chi connectivity index (χ3v) is 3.60. The first-order valence-electron chi connectivity index (χ1n) is 6.23. The minimum atomic E-state index is -2.57. The molecular formula is C12H13F2N4O3S-. The van der Waals surface area contributed by atoms with E-state index in [0.29, 0.717) is 0 Å². The van der Waals surface area contributed by atoms with Crippen LogP contribution >= 0.6 is 0 Å². The average molecular weight is 331 g/mol. The monoisotopic (exact) mass is 331 g/mol. The maximum absolute atomic E-state index is 14.2. The van der Waals surface area contributed by atoms with Crippen LogP contribution in [-0.4, -0.2) is 23.5 Å². The van der Waals surface area contributed by atoms with Gasteiger partial charge in [0.05, 0.1) is 0 Å². The van der Waals surface area contributed by atoms with Crippen LogP contribution in [0.15, 0.2) is 16.9 Å². The fourth-order valence-electron chi connectivity index (χ4n) is 2.14. The minimum absolute atomic E-state index is 0.0200. The number of benzene rings is 1. The van der Waals surface area contributed by atoms with E-state index in [0.717, 1.165) is 12.1 Å². The number of aromatic amines is 1. The molecule has 1 aromatic heterocycles. The molecule has 10 heteroatoms. The van der Waals surface area contributed by atoms with Gasteiger partial charge in [-0.2, -0.15) is 4.98 Å². The van der Waals surface area contributed by atoms with Crippen LogP contribution in [0.1, 0.15) is 29.8 Å². The first kappa shape index (κ1) is 16.5. The average Bonchev–Trinajstić information content (AvgIpc) is 2.77. The summed E-state index contributed by atoms with van der Waals surface area (Å²) in [5.74, 6) is -1.86. The van der Waals surface area contributed by atoms with Crippen molar-refractivity contribution in [3.63, 3.8) is 0 Å². The summed E-state index contributed by atoms with van der Waals surface area (Å²) in [5.41, 5.74) is -0.677. The molecule has 7 nitrogen and oxygen atoms in total. The lowest BCUT2D eigenvalue weighted by molar-refractivity contribution is 0.518. The third kappa shape index (κ3) is 3.46. The van der Waals surface area contributed by atoms with Crippen molar-refractivity contribution in [3.8, 4) is 0 Å². The number of nitrogens with zero attached hydrogens (tertiary/aromatic N) is 2. The Bertz CT molecular complexity index is 774. The molecule has 0 radical (unpaired) electrons. The first-order valence-corrected chi connectivity index (χ1v) is 7.30. The summed E-state index contributed by atoms with van der Waals surface area (Å²) >= 11 is -2.57. The van der Waals surface area contributed by atoms with E-state index in [-0.39, 0.29) is 23.5 Å². The van der Waals surface area contributed by atoms with Gasteiger partial charge in [-0.3, -0.25) is 8.89 Å². The Morgan fingerprint density at radius 2 is 2.14 bits per heavy atom. The molecule has 120 valence electrons. The molecule has 0 amide bonds. The molecule has 2 atom stereocenters. The Hall–Kier alpha value is -1.91. The van der Waals surface area contributed by atoms with Crippen LogP contribution in [0.25, 0.3) is 0 Å². The van der Waals surface area contributed by atoms with E-state index in [4.69, 9.17) is 0 Å². The van der Waals surface area contributed by atoms with Crippen LogP contribution < -0.4 is 10.4 Å². The van der Waals surface area contributed by atoms with Crippen molar-refractivity contribution in [1.29, 1.82) is 0 Å². The van der Waals surface area contributed by atoms with Gasteiger partial charge >= 0.3 is 5.69 Å². The molecule has 0 saturated carbocycles. The normalized spacial score (nSPS) is 14.0. The van der Waals surface area contributed by atoms with Crippen molar-refractivity contribution in [2.24, 2.45) is 7.05 Å². The molecule has 2 rings (SSSR count). The number of halogens is 2. The topological polar surface area (TPSA) is 103 Å². The van der Waals surface area contributed by atoms with E-state index in [9.17, 15) is 22.3 Å². The van der Waals surface area contributed by atoms with Gasteiger partial charge in [0.1, 0.15) is 17.5 Å². The number of nitrogens with one attached hydrogen (secondary N) is 2. The van der Waals surface area contributed by atoms with Gasteiger partial charge in [-0.05, 0) is 12.1 Å². The predicted octanol–water partition coefficient (Wildman–Crippen LogP) is 0.422. The lowest BCUT2D eigenvalue weighted by atomic mass is 9.98. The van der Waals surface area contributed by atoms with Crippen molar-refractivity contribution in [3.05, 3.63) is 51.2 Å². The fraction of sp³-hybridized carbons (Fsp3) is 0.333. The molecule has 2 aromatic rings. The molecule has 0 aliphatic rings. The standard InChI is InChI=1S/C12H14F2N4O3S/c1-6(11-16-12(19)17-18(11)2)8-4-9(13)7(3-10(8)14)5-15-22(20)21/h3-4,6,15H,5H2,1-2H3,(H,17,19)(H,20,21)/p-1. The molecule has 0 fully saturated rings. The molecule has 0 aliphatic carbocycles. The number of rotatable bonds is 5. The molecular weight excluding hydrogens is 318 g/mol. The van der Waals surface area contributed by atoms with Crippen molar-refractivity contribution >= 4 is 11.3 Å². The molecule has 2 N–H and O–H groups in total. The second-order valence-electron chi connectivity index (χ2n) is 4.69. The van der Waals surface area contributed by atoms with E-state index in [1.54, 1.807) is 6.92 Å². The zero-order valence-electron chi connectivity index (χ0n) is 11.7. The highest BCUT2D eigenvalue weighted by atomic mass is 32.2. The Kier molecular flexibility index (Phi) is 4.84. The summed E-state index contributed by atoms with van der Waals surface area (Å²) in [6.07, 6.45) is 0. The highest BCUT2D eigenvalue weighted by Gasteiger charge is 2.20. The lowest BCUT2D eigenvalue weighted by Gasteiger charge is -2.14. The predicted molar refractivity (Wildman–Crippen MR) is 73.5 cm³/mol. The molecule has 1 aromatic carbocycles. The van der Waals surface area contributed by atoms with E-state index < -0.39 is 34.5 Å². The zero-order chi connectivity index (χ0) is 16.4. The fourth-order valence-corrected chi connectivity index (χ4v) is 2.41. The van der Waals surface area contributed by atoms with Gasteiger partial charge in [-0.25, -0.2) is 23.4 Å². The second kappa shape index (κ2) is 6.46. The van der Waals surface area contributed by atoms with Crippen LogP contribution in [0.5, 0.6) is 0 Å². The lowest BCUT2D eigenvalue weighted by Crippen LogP contribution is -2.17. The quantitative estimate of drug-likeness (QED) is 0.775. The van der Waals surface area contributed by atoms with Crippen molar-refractivity contribution in [2.75, 3.05) is 0 Å². The van der Waals surface area contributed by atoms with Crippen molar-refractivity contribution in [1.82, 2.24) is 19.5 Å². The van der Waals surface area contributed by atoms with Gasteiger partial charge in [0.25, 0.3) is 0 Å². The Balaban J connectivity index is 2.36. The van der Waals surface area contributed by atoms with Gasteiger partial charge in [-0.15, -0.1) is 0 Å². The zero-order valence-corrected chi connectivity index (χ0v) is 12.5. The van der Waals surface area contributed by atoms with Crippen LogP contribution in [0.2, 0.25) is 0 Å². The van der Waals surface area contributed by atoms with E-state index in [1.165, 1.54) is 11.7 Å². The summed E-state index contributed by atoms with van der Waals surface area (Å²) in [5, 5.41) is 2.39. The van der Waals surface area contributed by atoms with Crippen molar-refractivity contribution in [2.45, 2.75) is 19.4 Å². The molecule has 0 saturated heterocycles. The van der Waals surface area contributed by atoms with E-state index in [2.05, 4.69) is 10.1 Å². The second-order valence-corrected chi connectivity index (χ2v) is 5.45. The SMILES string of the molecule is CC(c1cc(F)c(CNS(=O)[O-])cc1F)c1nc(=O)[nH]n1C. The van der Waals surface area contributed by atoms with Gasteiger partial charge < -0.3 is 4.55 Å². The molecule has 22 heavy (non-hydrogen) atoms. The maximum Gasteiger partial charge on any atom is 0.361 e. The summed E-state index contributed by atoms with van der Waals surface area (Å²) in [6.45, 7) is 1.23. The Labute approximate surface area is 126 Å². The van der Waals surface area contributed by atoms with Gasteiger partial charge in [0, 0.05) is 41.9 Å². The number of aryl methyl sites for hydroxylation is 1. The molecule has 2 unspecified atom stereocenters. The van der Waals surface area contributed by atoms with Gasteiger partial charge in [0.15, 0.2) is 0 Å². The Morgan fingerprint density at radius 1 is 1.45 bits per heavy atom.